The molecule has 6 nitrogen and oxygen atoms in total. The molecular formula is C17H26N2O4S. The summed E-state index contributed by atoms with van der Waals surface area (Å²) in [6.45, 7) is 7.07. The molecule has 1 fully saturated rings. The molecule has 0 atom stereocenters. The predicted molar refractivity (Wildman–Crippen MR) is 93.6 cm³/mol. The zero-order valence-corrected chi connectivity index (χ0v) is 15.4. The first-order chi connectivity index (χ1) is 11.3. The number of aryl methyl sites for hydroxylation is 1. The topological polar surface area (TPSA) is 75.7 Å². The van der Waals surface area contributed by atoms with Gasteiger partial charge in [0.1, 0.15) is 0 Å². The van der Waals surface area contributed by atoms with Crippen molar-refractivity contribution in [2.24, 2.45) is 5.92 Å². The van der Waals surface area contributed by atoms with Gasteiger partial charge in [-0.25, -0.2) is 13.2 Å². The summed E-state index contributed by atoms with van der Waals surface area (Å²) in [5.41, 5.74) is 1.09. The van der Waals surface area contributed by atoms with Crippen LogP contribution in [0.1, 0.15) is 38.7 Å². The highest BCUT2D eigenvalue weighted by Gasteiger charge is 2.27. The SMILES string of the molecule is Cc1ccc(NC(=O)OCC(C)C)cc1S(=O)(=O)N1CCCCC1. The minimum absolute atomic E-state index is 0.240. The van der Waals surface area contributed by atoms with Crippen LogP contribution in [0.25, 0.3) is 0 Å². The van der Waals surface area contributed by atoms with E-state index in [1.165, 1.54) is 10.4 Å². The Morgan fingerprint density at radius 3 is 2.54 bits per heavy atom. The zero-order chi connectivity index (χ0) is 17.7. The number of ether oxygens (including phenoxy) is 1. The van der Waals surface area contributed by atoms with Gasteiger partial charge in [-0.05, 0) is 43.4 Å². The van der Waals surface area contributed by atoms with Crippen molar-refractivity contribution >= 4 is 21.8 Å². The molecule has 0 aliphatic carbocycles. The van der Waals surface area contributed by atoms with Crippen LogP contribution in [0.4, 0.5) is 10.5 Å². The van der Waals surface area contributed by atoms with Gasteiger partial charge in [0, 0.05) is 18.8 Å². The van der Waals surface area contributed by atoms with E-state index in [-0.39, 0.29) is 10.8 Å². The smallest absolute Gasteiger partial charge is 0.411 e. The van der Waals surface area contributed by atoms with Gasteiger partial charge >= 0.3 is 6.09 Å². The van der Waals surface area contributed by atoms with Crippen LogP contribution >= 0.6 is 0 Å². The number of amides is 1. The van der Waals surface area contributed by atoms with Crippen molar-refractivity contribution in [3.63, 3.8) is 0 Å². The number of rotatable bonds is 5. The number of anilines is 1. The van der Waals surface area contributed by atoms with Gasteiger partial charge in [-0.2, -0.15) is 4.31 Å². The van der Waals surface area contributed by atoms with Crippen LogP contribution in [0, 0.1) is 12.8 Å². The molecule has 24 heavy (non-hydrogen) atoms. The third-order valence-electron chi connectivity index (χ3n) is 3.92. The quantitative estimate of drug-likeness (QED) is 0.879. The first-order valence-corrected chi connectivity index (χ1v) is 9.79. The lowest BCUT2D eigenvalue weighted by atomic mass is 10.2. The molecule has 0 spiro atoms. The highest BCUT2D eigenvalue weighted by atomic mass is 32.2. The number of hydrogen-bond donors (Lipinski definition) is 1. The van der Waals surface area contributed by atoms with Gasteiger partial charge < -0.3 is 4.74 Å². The van der Waals surface area contributed by atoms with E-state index < -0.39 is 16.1 Å². The fourth-order valence-electron chi connectivity index (χ4n) is 2.60. The van der Waals surface area contributed by atoms with E-state index >= 15 is 0 Å². The lowest BCUT2D eigenvalue weighted by Gasteiger charge is -2.26. The van der Waals surface area contributed by atoms with E-state index in [0.29, 0.717) is 30.9 Å². The average molecular weight is 354 g/mol. The summed E-state index contributed by atoms with van der Waals surface area (Å²) < 4.78 is 32.3. The molecule has 0 radical (unpaired) electrons. The van der Waals surface area contributed by atoms with Crippen LogP contribution in [-0.4, -0.2) is 38.5 Å². The summed E-state index contributed by atoms with van der Waals surface area (Å²) in [6, 6.07) is 4.89. The largest absolute Gasteiger partial charge is 0.449 e. The maximum absolute atomic E-state index is 12.8. The van der Waals surface area contributed by atoms with Gasteiger partial charge in [0.15, 0.2) is 0 Å². The van der Waals surface area contributed by atoms with Gasteiger partial charge in [0.25, 0.3) is 0 Å². The summed E-state index contributed by atoms with van der Waals surface area (Å²) in [5, 5.41) is 2.60. The number of piperidine rings is 1. The van der Waals surface area contributed by atoms with Crippen LogP contribution in [-0.2, 0) is 14.8 Å². The summed E-state index contributed by atoms with van der Waals surface area (Å²) in [6.07, 6.45) is 2.26. The predicted octanol–water partition coefficient (Wildman–Crippen LogP) is 3.37. The molecule has 1 aliphatic rings. The minimum atomic E-state index is -3.54. The van der Waals surface area contributed by atoms with Gasteiger partial charge in [-0.1, -0.05) is 26.3 Å². The lowest BCUT2D eigenvalue weighted by Crippen LogP contribution is -2.36. The van der Waals surface area contributed by atoms with Gasteiger partial charge in [-0.3, -0.25) is 5.32 Å². The Kier molecular flexibility index (Phi) is 6.23. The summed E-state index contributed by atoms with van der Waals surface area (Å²) in [7, 11) is -3.54. The van der Waals surface area contributed by atoms with E-state index in [0.717, 1.165) is 19.3 Å². The standard InChI is InChI=1S/C17H26N2O4S/c1-13(2)12-23-17(20)18-15-8-7-14(3)16(11-15)24(21,22)19-9-5-4-6-10-19/h7-8,11,13H,4-6,9-10,12H2,1-3H3,(H,18,20). The van der Waals surface area contributed by atoms with Gasteiger partial charge in [0.2, 0.25) is 10.0 Å². The average Bonchev–Trinajstić information content (AvgIpc) is 2.55. The van der Waals surface area contributed by atoms with E-state index in [1.807, 2.05) is 13.8 Å². The second-order valence-corrected chi connectivity index (χ2v) is 8.47. The van der Waals surface area contributed by atoms with Crippen LogP contribution in [0.5, 0.6) is 0 Å². The molecule has 1 amide bonds. The number of hydrogen-bond acceptors (Lipinski definition) is 4. The van der Waals surface area contributed by atoms with Crippen LogP contribution < -0.4 is 5.32 Å². The van der Waals surface area contributed by atoms with E-state index in [4.69, 9.17) is 4.74 Å². The maximum Gasteiger partial charge on any atom is 0.411 e. The lowest BCUT2D eigenvalue weighted by molar-refractivity contribution is 0.147. The van der Waals surface area contributed by atoms with Crippen molar-refractivity contribution in [1.82, 2.24) is 4.31 Å². The summed E-state index contributed by atoms with van der Waals surface area (Å²) in [4.78, 5) is 12.0. The van der Waals surface area contributed by atoms with E-state index in [9.17, 15) is 13.2 Å². The molecular weight excluding hydrogens is 328 g/mol. The molecule has 1 aromatic carbocycles. The highest BCUT2D eigenvalue weighted by Crippen LogP contribution is 2.26. The molecule has 0 saturated carbocycles. The Bertz CT molecular complexity index is 680. The number of carbonyl (C=O) groups excluding carboxylic acids is 1. The molecule has 2 rings (SSSR count). The Morgan fingerprint density at radius 1 is 1.25 bits per heavy atom. The van der Waals surface area contributed by atoms with Gasteiger partial charge in [-0.15, -0.1) is 0 Å². The molecule has 134 valence electrons. The van der Waals surface area contributed by atoms with E-state index in [1.54, 1.807) is 19.1 Å². The zero-order valence-electron chi connectivity index (χ0n) is 14.5. The van der Waals surface area contributed by atoms with Crippen molar-refractivity contribution < 1.29 is 17.9 Å². The maximum atomic E-state index is 12.8. The number of sulfonamides is 1. The Labute approximate surface area is 144 Å². The third kappa shape index (κ3) is 4.70. The molecule has 1 aliphatic heterocycles. The van der Waals surface area contributed by atoms with Crippen molar-refractivity contribution in [1.29, 1.82) is 0 Å². The first kappa shape index (κ1) is 18.7. The van der Waals surface area contributed by atoms with Crippen molar-refractivity contribution in [2.75, 3.05) is 25.0 Å². The number of nitrogens with one attached hydrogen (secondary N) is 1. The van der Waals surface area contributed by atoms with Crippen LogP contribution in [0.15, 0.2) is 23.1 Å². The fourth-order valence-corrected chi connectivity index (χ4v) is 4.36. The van der Waals surface area contributed by atoms with Crippen molar-refractivity contribution in [3.05, 3.63) is 23.8 Å². The Balaban J connectivity index is 2.17. The number of carbonyl (C=O) groups is 1. The summed E-state index contributed by atoms with van der Waals surface area (Å²) >= 11 is 0. The fraction of sp³-hybridized carbons (Fsp3) is 0.588. The second-order valence-electron chi connectivity index (χ2n) is 6.56. The molecule has 1 N–H and O–H groups in total. The molecule has 7 heteroatoms. The van der Waals surface area contributed by atoms with Crippen LogP contribution in [0.2, 0.25) is 0 Å². The molecule has 0 bridgehead atoms. The number of nitrogens with zero attached hydrogens (tertiary/aromatic N) is 1. The second kappa shape index (κ2) is 7.98. The van der Waals surface area contributed by atoms with Crippen LogP contribution in [0.3, 0.4) is 0 Å². The third-order valence-corrected chi connectivity index (χ3v) is 5.96. The number of benzene rings is 1. The molecule has 0 unspecified atom stereocenters. The molecule has 1 saturated heterocycles. The van der Waals surface area contributed by atoms with Crippen molar-refractivity contribution in [2.45, 2.75) is 44.9 Å². The Morgan fingerprint density at radius 2 is 1.92 bits per heavy atom. The highest BCUT2D eigenvalue weighted by molar-refractivity contribution is 7.89. The normalized spacial score (nSPS) is 16.2. The Hall–Kier alpha value is -1.60. The van der Waals surface area contributed by atoms with E-state index in [2.05, 4.69) is 5.32 Å². The van der Waals surface area contributed by atoms with Gasteiger partial charge in [0.05, 0.1) is 11.5 Å². The van der Waals surface area contributed by atoms with Crippen molar-refractivity contribution in [3.8, 4) is 0 Å². The molecule has 1 aromatic rings. The monoisotopic (exact) mass is 354 g/mol. The molecule has 0 aromatic heterocycles. The minimum Gasteiger partial charge on any atom is -0.449 e. The first-order valence-electron chi connectivity index (χ1n) is 8.35. The molecule has 1 heterocycles. The summed E-state index contributed by atoms with van der Waals surface area (Å²) in [5.74, 6) is 0.240.